The van der Waals surface area contributed by atoms with Crippen molar-refractivity contribution in [3.63, 3.8) is 0 Å². The molecular formula is C15H17Cl2N5. The maximum Gasteiger partial charge on any atom is 0.141 e. The van der Waals surface area contributed by atoms with Gasteiger partial charge < -0.3 is 16.0 Å². The van der Waals surface area contributed by atoms with Crippen LogP contribution in [0.3, 0.4) is 0 Å². The predicted molar refractivity (Wildman–Crippen MR) is 93.1 cm³/mol. The van der Waals surface area contributed by atoms with Crippen LogP contribution in [0.15, 0.2) is 24.7 Å². The Hall–Kier alpha value is -1.85. The van der Waals surface area contributed by atoms with Gasteiger partial charge in [0.15, 0.2) is 0 Å². The Balaban J connectivity index is 2.31. The highest BCUT2D eigenvalue weighted by atomic mass is 35.5. The topological polar surface area (TPSA) is 73.7 Å². The van der Waals surface area contributed by atoms with Crippen LogP contribution in [0.2, 0.25) is 10.0 Å². The first kappa shape index (κ1) is 16.5. The third-order valence-electron chi connectivity index (χ3n) is 3.08. The smallest absolute Gasteiger partial charge is 0.141 e. The fraction of sp³-hybridized carbons (Fsp3) is 0.267. The zero-order valence-corrected chi connectivity index (χ0v) is 13.7. The lowest BCUT2D eigenvalue weighted by Gasteiger charge is -2.15. The molecule has 3 N–H and O–H groups in total. The van der Waals surface area contributed by atoms with E-state index in [1.165, 1.54) is 18.6 Å². The molecule has 5 nitrogen and oxygen atoms in total. The van der Waals surface area contributed by atoms with Crippen molar-refractivity contribution in [3.05, 3.63) is 40.3 Å². The molecule has 0 saturated carbocycles. The fourth-order valence-electron chi connectivity index (χ4n) is 1.92. The van der Waals surface area contributed by atoms with Crippen molar-refractivity contribution >= 4 is 46.6 Å². The number of anilines is 3. The fourth-order valence-corrected chi connectivity index (χ4v) is 2.38. The lowest BCUT2D eigenvalue weighted by Crippen LogP contribution is -2.07. The van der Waals surface area contributed by atoms with Gasteiger partial charge in [-0.1, -0.05) is 36.5 Å². The molecule has 0 spiro atoms. The quantitative estimate of drug-likeness (QED) is 0.504. The van der Waals surface area contributed by atoms with Crippen LogP contribution in [-0.4, -0.2) is 22.7 Å². The molecule has 0 radical (unpaired) electrons. The second-order valence-corrected chi connectivity index (χ2v) is 5.46. The van der Waals surface area contributed by atoms with Crippen LogP contribution in [0.1, 0.15) is 25.3 Å². The lowest BCUT2D eigenvalue weighted by molar-refractivity contribution is 0.834. The van der Waals surface area contributed by atoms with E-state index in [1.54, 1.807) is 6.20 Å². The van der Waals surface area contributed by atoms with E-state index < -0.39 is 0 Å². The Morgan fingerprint density at radius 1 is 1.27 bits per heavy atom. The van der Waals surface area contributed by atoms with Crippen molar-refractivity contribution in [2.75, 3.05) is 17.2 Å². The number of hydrogen-bond donors (Lipinski definition) is 3. The van der Waals surface area contributed by atoms with Gasteiger partial charge in [-0.25, -0.2) is 4.98 Å². The minimum absolute atomic E-state index is 0.398. The highest BCUT2D eigenvalue weighted by molar-refractivity contribution is 6.39. The summed E-state index contributed by atoms with van der Waals surface area (Å²) >= 11 is 12.2. The van der Waals surface area contributed by atoms with Crippen LogP contribution in [0.25, 0.3) is 0 Å². The van der Waals surface area contributed by atoms with E-state index in [4.69, 9.17) is 28.6 Å². The minimum atomic E-state index is 0.398. The van der Waals surface area contributed by atoms with Gasteiger partial charge in [-0.05, 0) is 12.5 Å². The standard InChI is InChI=1S/C15H17Cl2N5/c1-2-3-5-20-13-4-6-21-15(10(13)7-18)22-14-11(16)8-19-9-12(14)17/h4,6-9,18H,2-3,5H2,1H3,(H2,19,20,21,22). The largest absolute Gasteiger partial charge is 0.384 e. The van der Waals surface area contributed by atoms with E-state index in [9.17, 15) is 0 Å². The molecule has 0 aromatic carbocycles. The van der Waals surface area contributed by atoms with Gasteiger partial charge in [0, 0.05) is 37.0 Å². The van der Waals surface area contributed by atoms with Gasteiger partial charge in [0.1, 0.15) is 5.82 Å². The molecular weight excluding hydrogens is 321 g/mol. The molecule has 2 heterocycles. The second-order valence-electron chi connectivity index (χ2n) is 4.65. The normalized spacial score (nSPS) is 10.3. The van der Waals surface area contributed by atoms with Gasteiger partial charge in [0.25, 0.3) is 0 Å². The number of halogens is 2. The summed E-state index contributed by atoms with van der Waals surface area (Å²) < 4.78 is 0. The number of pyridine rings is 2. The van der Waals surface area contributed by atoms with Crippen molar-refractivity contribution in [2.24, 2.45) is 0 Å². The number of nitrogens with one attached hydrogen (secondary N) is 3. The molecule has 0 unspecified atom stereocenters. The zero-order valence-electron chi connectivity index (χ0n) is 12.2. The van der Waals surface area contributed by atoms with Gasteiger partial charge in [-0.15, -0.1) is 0 Å². The highest BCUT2D eigenvalue weighted by Gasteiger charge is 2.12. The van der Waals surface area contributed by atoms with Gasteiger partial charge in [-0.3, -0.25) is 4.98 Å². The number of unbranched alkanes of at least 4 members (excludes halogenated alkanes) is 1. The highest BCUT2D eigenvalue weighted by Crippen LogP contribution is 2.32. The molecule has 0 aliphatic carbocycles. The molecule has 7 heteroatoms. The molecule has 0 saturated heterocycles. The number of aromatic nitrogens is 2. The van der Waals surface area contributed by atoms with E-state index >= 15 is 0 Å². The summed E-state index contributed by atoms with van der Waals surface area (Å²) in [4.78, 5) is 8.19. The van der Waals surface area contributed by atoms with E-state index in [-0.39, 0.29) is 0 Å². The van der Waals surface area contributed by atoms with Gasteiger partial charge in [-0.2, -0.15) is 0 Å². The van der Waals surface area contributed by atoms with Crippen molar-refractivity contribution in [1.29, 1.82) is 5.41 Å². The molecule has 116 valence electrons. The molecule has 0 amide bonds. The summed E-state index contributed by atoms with van der Waals surface area (Å²) in [5.41, 5.74) is 2.03. The second kappa shape index (κ2) is 7.96. The minimum Gasteiger partial charge on any atom is -0.384 e. The van der Waals surface area contributed by atoms with Crippen molar-refractivity contribution < 1.29 is 0 Å². The van der Waals surface area contributed by atoms with E-state index in [1.807, 2.05) is 6.07 Å². The lowest BCUT2D eigenvalue weighted by atomic mass is 10.2. The van der Waals surface area contributed by atoms with Gasteiger partial charge >= 0.3 is 0 Å². The van der Waals surface area contributed by atoms with Crippen LogP contribution in [0.4, 0.5) is 17.2 Å². The molecule has 2 aromatic rings. The van der Waals surface area contributed by atoms with Gasteiger partial charge in [0.2, 0.25) is 0 Å². The third-order valence-corrected chi connectivity index (χ3v) is 3.65. The summed E-state index contributed by atoms with van der Waals surface area (Å²) in [6.45, 7) is 2.98. The zero-order chi connectivity index (χ0) is 15.9. The van der Waals surface area contributed by atoms with E-state index in [0.29, 0.717) is 27.1 Å². The Morgan fingerprint density at radius 2 is 2.00 bits per heavy atom. The average Bonchev–Trinajstić information content (AvgIpc) is 2.51. The van der Waals surface area contributed by atoms with Crippen LogP contribution in [0, 0.1) is 5.41 Å². The first-order valence-corrected chi connectivity index (χ1v) is 7.72. The Bertz CT molecular complexity index is 640. The Morgan fingerprint density at radius 3 is 2.64 bits per heavy atom. The maximum absolute atomic E-state index is 7.66. The number of nitrogens with zero attached hydrogens (tertiary/aromatic N) is 2. The van der Waals surface area contributed by atoms with Crippen LogP contribution < -0.4 is 10.6 Å². The molecule has 2 rings (SSSR count). The molecule has 0 atom stereocenters. The monoisotopic (exact) mass is 337 g/mol. The molecule has 2 aromatic heterocycles. The number of hydrogen-bond acceptors (Lipinski definition) is 5. The summed E-state index contributed by atoms with van der Waals surface area (Å²) in [7, 11) is 0. The molecule has 0 aliphatic heterocycles. The van der Waals surface area contributed by atoms with E-state index in [0.717, 1.165) is 25.1 Å². The molecule has 0 bridgehead atoms. The summed E-state index contributed by atoms with van der Waals surface area (Å²) in [5, 5.41) is 14.8. The van der Waals surface area contributed by atoms with Crippen LogP contribution >= 0.6 is 23.2 Å². The average molecular weight is 338 g/mol. The SMILES string of the molecule is CCCCNc1ccnc(Nc2c(Cl)cncc2Cl)c1C=N. The van der Waals surface area contributed by atoms with E-state index in [2.05, 4.69) is 27.5 Å². The number of rotatable bonds is 7. The van der Waals surface area contributed by atoms with Crippen LogP contribution in [-0.2, 0) is 0 Å². The van der Waals surface area contributed by atoms with Crippen molar-refractivity contribution in [1.82, 2.24) is 9.97 Å². The Labute approximate surface area is 139 Å². The molecule has 0 aliphatic rings. The predicted octanol–water partition coefficient (Wildman–Crippen LogP) is 4.74. The van der Waals surface area contributed by atoms with Gasteiger partial charge in [0.05, 0.1) is 21.3 Å². The maximum atomic E-state index is 7.66. The van der Waals surface area contributed by atoms with Crippen LogP contribution in [0.5, 0.6) is 0 Å². The van der Waals surface area contributed by atoms with Crippen molar-refractivity contribution in [2.45, 2.75) is 19.8 Å². The molecule has 22 heavy (non-hydrogen) atoms. The Kier molecular flexibility index (Phi) is 5.98. The first-order chi connectivity index (χ1) is 10.7. The van der Waals surface area contributed by atoms with Crippen molar-refractivity contribution in [3.8, 4) is 0 Å². The third kappa shape index (κ3) is 3.87. The summed E-state index contributed by atoms with van der Waals surface area (Å²) in [5.74, 6) is 0.520. The first-order valence-electron chi connectivity index (χ1n) is 6.96. The summed E-state index contributed by atoms with van der Waals surface area (Å²) in [6, 6.07) is 1.84. The summed E-state index contributed by atoms with van der Waals surface area (Å²) in [6.07, 6.45) is 8.10. The molecule has 0 fully saturated rings.